The van der Waals surface area contributed by atoms with Crippen molar-refractivity contribution >= 4 is 5.97 Å². The molecule has 2 unspecified atom stereocenters. The molecule has 0 spiro atoms. The molecule has 2 aliphatic heterocycles. The van der Waals surface area contributed by atoms with Crippen molar-refractivity contribution in [2.75, 3.05) is 13.7 Å². The summed E-state index contributed by atoms with van der Waals surface area (Å²) in [5.74, 6) is -0.432. The first-order valence-corrected chi connectivity index (χ1v) is 13.4. The minimum Gasteiger partial charge on any atom is -0.485 e. The molecule has 38 heavy (non-hydrogen) atoms. The molecule has 5 rings (SSSR count). The summed E-state index contributed by atoms with van der Waals surface area (Å²) in [6.07, 6.45) is 5.60. The summed E-state index contributed by atoms with van der Waals surface area (Å²) < 4.78 is 26.7. The van der Waals surface area contributed by atoms with E-state index in [1.165, 1.54) is 19.7 Å². The lowest BCUT2D eigenvalue weighted by atomic mass is 9.91. The summed E-state index contributed by atoms with van der Waals surface area (Å²) in [5.41, 5.74) is 5.54. The summed E-state index contributed by atoms with van der Waals surface area (Å²) in [7, 11) is 1.53. The van der Waals surface area contributed by atoms with Crippen molar-refractivity contribution in [2.45, 2.75) is 64.6 Å². The predicted octanol–water partition coefficient (Wildman–Crippen LogP) is 6.21. The van der Waals surface area contributed by atoms with Gasteiger partial charge in [-0.05, 0) is 79.5 Å². The number of carbonyl (C=O) groups is 1. The Labute approximate surface area is 223 Å². The lowest BCUT2D eigenvalue weighted by Crippen LogP contribution is -2.26. The van der Waals surface area contributed by atoms with E-state index in [2.05, 4.69) is 28.9 Å². The third-order valence-electron chi connectivity index (χ3n) is 7.93. The van der Waals surface area contributed by atoms with Crippen molar-refractivity contribution in [2.24, 2.45) is 5.92 Å². The molecular weight excluding hydrogens is 483 g/mol. The van der Waals surface area contributed by atoms with Gasteiger partial charge in [0.05, 0.1) is 19.2 Å². The van der Waals surface area contributed by atoms with Crippen LogP contribution in [0.3, 0.4) is 0 Å². The van der Waals surface area contributed by atoms with Crippen LogP contribution < -0.4 is 9.47 Å². The normalized spacial score (nSPS) is 20.0. The fourth-order valence-electron chi connectivity index (χ4n) is 5.61. The van der Waals surface area contributed by atoms with E-state index in [1.807, 2.05) is 24.3 Å². The van der Waals surface area contributed by atoms with Gasteiger partial charge in [-0.3, -0.25) is 9.69 Å². The predicted molar refractivity (Wildman–Crippen MR) is 144 cm³/mol. The number of aryl methyl sites for hydroxylation is 1. The number of nitrogens with zero attached hydrogens (tertiary/aromatic N) is 2. The van der Waals surface area contributed by atoms with E-state index in [0.29, 0.717) is 23.9 Å². The third kappa shape index (κ3) is 5.53. The minimum atomic E-state index is -0.801. The van der Waals surface area contributed by atoms with E-state index < -0.39 is 11.9 Å². The molecule has 2 aliphatic rings. The van der Waals surface area contributed by atoms with Crippen molar-refractivity contribution in [3.8, 4) is 22.8 Å². The Morgan fingerprint density at radius 3 is 2.79 bits per heavy atom. The number of carboxylic acid groups (broad SMARTS) is 1. The highest BCUT2D eigenvalue weighted by atomic mass is 19.1. The molecule has 0 radical (unpaired) electrons. The molecule has 6 nitrogen and oxygen atoms in total. The van der Waals surface area contributed by atoms with Crippen molar-refractivity contribution in [1.82, 2.24) is 9.88 Å². The highest BCUT2D eigenvalue weighted by Crippen LogP contribution is 2.38. The fraction of sp³-hybridized carbons (Fsp3) is 0.419. The molecule has 1 saturated heterocycles. The number of ether oxygens (including phenoxy) is 2. The van der Waals surface area contributed by atoms with Crippen LogP contribution in [-0.4, -0.2) is 40.7 Å². The van der Waals surface area contributed by atoms with Crippen molar-refractivity contribution in [3.05, 3.63) is 76.7 Å². The molecule has 0 saturated carbocycles. The van der Waals surface area contributed by atoms with Crippen LogP contribution in [0, 0.1) is 11.7 Å². The summed E-state index contributed by atoms with van der Waals surface area (Å²) in [5, 5.41) is 9.30. The van der Waals surface area contributed by atoms with Crippen LogP contribution in [0.4, 0.5) is 4.39 Å². The van der Waals surface area contributed by atoms with Crippen LogP contribution in [0.5, 0.6) is 11.6 Å². The van der Waals surface area contributed by atoms with E-state index in [-0.39, 0.29) is 11.9 Å². The standard InChI is InChI=1S/C31H35FN2O4/c1-19(31(35)36)13-21-6-7-22-9-11-28(38-29(22)14-21)23-8-10-25(26-16-30(37-3)33-17-27(26)32)24(15-23)18-34-12-4-5-20(34)2/h6-8,10,14-17,19-20,28H,4-5,9,11-13,18H2,1-3H3,(H,35,36)/t19?,20?,28-/m0/s1. The number of benzene rings is 2. The minimum absolute atomic E-state index is 0.129. The number of methoxy groups -OCH3 is 1. The van der Waals surface area contributed by atoms with Crippen molar-refractivity contribution in [3.63, 3.8) is 0 Å². The number of hydrogen-bond acceptors (Lipinski definition) is 5. The quantitative estimate of drug-likeness (QED) is 0.382. The Balaban J connectivity index is 1.46. The van der Waals surface area contributed by atoms with Gasteiger partial charge in [-0.1, -0.05) is 37.3 Å². The molecule has 200 valence electrons. The van der Waals surface area contributed by atoms with E-state index in [4.69, 9.17) is 9.47 Å². The SMILES string of the molecule is COc1cc(-c2ccc([C@@H]3CCc4ccc(CC(C)C(=O)O)cc4O3)cc2CN2CCCC2C)c(F)cn1. The number of pyridine rings is 1. The average Bonchev–Trinajstić information content (AvgIpc) is 3.32. The Bertz CT molecular complexity index is 1330. The molecule has 7 heteroatoms. The summed E-state index contributed by atoms with van der Waals surface area (Å²) >= 11 is 0. The largest absolute Gasteiger partial charge is 0.485 e. The zero-order chi connectivity index (χ0) is 26.8. The topological polar surface area (TPSA) is 71.9 Å². The molecule has 3 atom stereocenters. The maximum atomic E-state index is 15.0. The molecule has 2 aromatic carbocycles. The Morgan fingerprint density at radius 2 is 2.05 bits per heavy atom. The number of rotatable bonds is 8. The number of carboxylic acids is 1. The van der Waals surface area contributed by atoms with Crippen molar-refractivity contribution in [1.29, 1.82) is 0 Å². The molecular formula is C31H35FN2O4. The first-order valence-electron chi connectivity index (χ1n) is 13.4. The molecule has 1 aromatic heterocycles. The van der Waals surface area contributed by atoms with E-state index in [1.54, 1.807) is 13.0 Å². The number of aliphatic carboxylic acids is 1. The summed E-state index contributed by atoms with van der Waals surface area (Å²) in [6, 6.07) is 14.4. The van der Waals surface area contributed by atoms with Crippen molar-refractivity contribution < 1.29 is 23.8 Å². The van der Waals surface area contributed by atoms with Crippen LogP contribution in [0.1, 0.15) is 61.5 Å². The fourth-order valence-corrected chi connectivity index (χ4v) is 5.61. The second-order valence-corrected chi connectivity index (χ2v) is 10.6. The van der Waals surface area contributed by atoms with Gasteiger partial charge in [0, 0.05) is 24.2 Å². The maximum absolute atomic E-state index is 15.0. The Hall–Kier alpha value is -3.45. The molecule has 1 fully saturated rings. The molecule has 0 aliphatic carbocycles. The van der Waals surface area contributed by atoms with Gasteiger partial charge in [0.25, 0.3) is 0 Å². The smallest absolute Gasteiger partial charge is 0.306 e. The van der Waals surface area contributed by atoms with Crippen LogP contribution >= 0.6 is 0 Å². The molecule has 1 N–H and O–H groups in total. The van der Waals surface area contributed by atoms with Gasteiger partial charge in [-0.15, -0.1) is 0 Å². The van der Waals surface area contributed by atoms with Gasteiger partial charge in [-0.25, -0.2) is 9.37 Å². The van der Waals surface area contributed by atoms with Gasteiger partial charge >= 0.3 is 5.97 Å². The van der Waals surface area contributed by atoms with E-state index in [9.17, 15) is 14.3 Å². The van der Waals surface area contributed by atoms with Gasteiger partial charge < -0.3 is 14.6 Å². The number of likely N-dealkylation sites (tertiary alicyclic amines) is 1. The lowest BCUT2D eigenvalue weighted by molar-refractivity contribution is -0.141. The van der Waals surface area contributed by atoms with Gasteiger partial charge in [0.15, 0.2) is 0 Å². The maximum Gasteiger partial charge on any atom is 0.306 e. The molecule has 0 bridgehead atoms. The zero-order valence-electron chi connectivity index (χ0n) is 22.2. The lowest BCUT2D eigenvalue weighted by Gasteiger charge is -2.29. The number of hydrogen-bond donors (Lipinski definition) is 1. The first kappa shape index (κ1) is 26.2. The van der Waals surface area contributed by atoms with Crippen LogP contribution in [0.15, 0.2) is 48.7 Å². The van der Waals surface area contributed by atoms with Gasteiger partial charge in [-0.2, -0.15) is 0 Å². The van der Waals surface area contributed by atoms with E-state index >= 15 is 0 Å². The second kappa shape index (κ2) is 11.1. The summed E-state index contributed by atoms with van der Waals surface area (Å²) in [4.78, 5) is 17.8. The van der Waals surface area contributed by atoms with Crippen LogP contribution in [0.2, 0.25) is 0 Å². The zero-order valence-corrected chi connectivity index (χ0v) is 22.2. The summed E-state index contributed by atoms with van der Waals surface area (Å²) in [6.45, 7) is 5.72. The van der Waals surface area contributed by atoms with Gasteiger partial charge in [0.2, 0.25) is 5.88 Å². The number of aromatic nitrogens is 1. The third-order valence-corrected chi connectivity index (χ3v) is 7.93. The van der Waals surface area contributed by atoms with Crippen LogP contribution in [-0.2, 0) is 24.2 Å². The van der Waals surface area contributed by atoms with E-state index in [0.717, 1.165) is 65.9 Å². The number of fused-ring (bicyclic) bond motifs is 1. The molecule has 0 amide bonds. The Morgan fingerprint density at radius 1 is 1.21 bits per heavy atom. The highest BCUT2D eigenvalue weighted by Gasteiger charge is 2.26. The number of halogens is 1. The average molecular weight is 519 g/mol. The highest BCUT2D eigenvalue weighted by molar-refractivity contribution is 5.70. The van der Waals surface area contributed by atoms with Crippen LogP contribution in [0.25, 0.3) is 11.1 Å². The van der Waals surface area contributed by atoms with Gasteiger partial charge in [0.1, 0.15) is 17.7 Å². The monoisotopic (exact) mass is 518 g/mol. The molecule has 3 heterocycles. The second-order valence-electron chi connectivity index (χ2n) is 10.6. The molecule has 3 aromatic rings. The first-order chi connectivity index (χ1) is 18.3. The Kier molecular flexibility index (Phi) is 7.65.